The highest BCUT2D eigenvalue weighted by atomic mass is 16.5. The number of carbonyl (C=O) groups excluding carboxylic acids is 1. The van der Waals surface area contributed by atoms with Crippen LogP contribution in [0.2, 0.25) is 0 Å². The van der Waals surface area contributed by atoms with Gasteiger partial charge in [-0.2, -0.15) is 0 Å². The van der Waals surface area contributed by atoms with Gasteiger partial charge in [0.2, 0.25) is 0 Å². The van der Waals surface area contributed by atoms with Crippen molar-refractivity contribution in [2.75, 3.05) is 20.8 Å². The maximum absolute atomic E-state index is 11.9. The first-order valence-electron chi connectivity index (χ1n) is 5.51. The molecule has 1 aliphatic rings. The van der Waals surface area contributed by atoms with E-state index in [1.807, 2.05) is 7.05 Å². The molecule has 0 aromatic heterocycles. The standard InChI is InChI=1S/C12H23NO2/c1-9-11(3,4)7-12(8-15-6,10(2)14)13(9)5/h9H,7-8H2,1-6H3. The Morgan fingerprint density at radius 1 is 1.53 bits per heavy atom. The maximum atomic E-state index is 11.9. The van der Waals surface area contributed by atoms with Crippen molar-refractivity contribution in [2.24, 2.45) is 5.41 Å². The number of methoxy groups -OCH3 is 1. The third kappa shape index (κ3) is 1.83. The van der Waals surface area contributed by atoms with Crippen molar-refractivity contribution in [3.63, 3.8) is 0 Å². The highest BCUT2D eigenvalue weighted by Crippen LogP contribution is 2.45. The Morgan fingerprint density at radius 2 is 2.07 bits per heavy atom. The van der Waals surface area contributed by atoms with Gasteiger partial charge in [-0.15, -0.1) is 0 Å². The summed E-state index contributed by atoms with van der Waals surface area (Å²) in [5, 5.41) is 0. The minimum absolute atomic E-state index is 0.166. The third-order valence-corrected chi connectivity index (χ3v) is 4.17. The topological polar surface area (TPSA) is 29.5 Å². The summed E-state index contributed by atoms with van der Waals surface area (Å²) >= 11 is 0. The second-order valence-electron chi connectivity index (χ2n) is 5.47. The number of nitrogens with zero attached hydrogens (tertiary/aromatic N) is 1. The molecule has 0 aliphatic carbocycles. The van der Waals surface area contributed by atoms with Gasteiger partial charge in [0.1, 0.15) is 5.54 Å². The summed E-state index contributed by atoms with van der Waals surface area (Å²) < 4.78 is 5.24. The molecule has 1 heterocycles. The van der Waals surface area contributed by atoms with E-state index in [1.165, 1.54) is 0 Å². The number of ether oxygens (including phenoxy) is 1. The fourth-order valence-electron chi connectivity index (χ4n) is 2.79. The van der Waals surface area contributed by atoms with Gasteiger partial charge < -0.3 is 4.74 Å². The second kappa shape index (κ2) is 3.87. The molecule has 0 spiro atoms. The number of carbonyl (C=O) groups is 1. The minimum Gasteiger partial charge on any atom is -0.382 e. The Labute approximate surface area is 92.8 Å². The van der Waals surface area contributed by atoms with Crippen molar-refractivity contribution in [1.82, 2.24) is 4.90 Å². The first kappa shape index (κ1) is 12.7. The number of Topliss-reactive ketones (excluding diaryl/α,β-unsaturated/α-hetero) is 1. The molecule has 1 saturated heterocycles. The van der Waals surface area contributed by atoms with Crippen molar-refractivity contribution >= 4 is 5.78 Å². The minimum atomic E-state index is -0.419. The molecule has 2 atom stereocenters. The van der Waals surface area contributed by atoms with Crippen LogP contribution in [0.5, 0.6) is 0 Å². The smallest absolute Gasteiger partial charge is 0.152 e. The Balaban J connectivity index is 3.06. The van der Waals surface area contributed by atoms with Crippen LogP contribution < -0.4 is 0 Å². The van der Waals surface area contributed by atoms with Gasteiger partial charge in [-0.3, -0.25) is 9.69 Å². The molecule has 0 saturated carbocycles. The molecule has 0 N–H and O–H groups in total. The van der Waals surface area contributed by atoms with Gasteiger partial charge in [0.05, 0.1) is 6.61 Å². The van der Waals surface area contributed by atoms with Crippen LogP contribution in [0.25, 0.3) is 0 Å². The zero-order chi connectivity index (χ0) is 11.9. The van der Waals surface area contributed by atoms with Crippen LogP contribution >= 0.6 is 0 Å². The van der Waals surface area contributed by atoms with Crippen molar-refractivity contribution in [2.45, 2.75) is 45.7 Å². The van der Waals surface area contributed by atoms with E-state index in [9.17, 15) is 4.79 Å². The zero-order valence-electron chi connectivity index (χ0n) is 10.8. The molecule has 15 heavy (non-hydrogen) atoms. The second-order valence-corrected chi connectivity index (χ2v) is 5.47. The third-order valence-electron chi connectivity index (χ3n) is 4.17. The molecule has 88 valence electrons. The van der Waals surface area contributed by atoms with Crippen molar-refractivity contribution in [3.8, 4) is 0 Å². The molecule has 3 nitrogen and oxygen atoms in total. The Morgan fingerprint density at radius 3 is 2.33 bits per heavy atom. The van der Waals surface area contributed by atoms with Crippen LogP contribution in [0.3, 0.4) is 0 Å². The van der Waals surface area contributed by atoms with E-state index >= 15 is 0 Å². The van der Waals surface area contributed by atoms with Crippen molar-refractivity contribution < 1.29 is 9.53 Å². The van der Waals surface area contributed by atoms with Crippen LogP contribution in [-0.4, -0.2) is 43.0 Å². The first-order chi connectivity index (χ1) is 6.78. The van der Waals surface area contributed by atoms with E-state index in [0.29, 0.717) is 12.6 Å². The highest BCUT2D eigenvalue weighted by molar-refractivity contribution is 5.87. The molecule has 0 bridgehead atoms. The van der Waals surface area contributed by atoms with Crippen LogP contribution in [0.1, 0.15) is 34.1 Å². The summed E-state index contributed by atoms with van der Waals surface area (Å²) in [5.74, 6) is 0.212. The number of rotatable bonds is 3. The van der Waals surface area contributed by atoms with E-state index in [-0.39, 0.29) is 11.2 Å². The largest absolute Gasteiger partial charge is 0.382 e. The fourth-order valence-corrected chi connectivity index (χ4v) is 2.79. The predicted molar refractivity (Wildman–Crippen MR) is 60.9 cm³/mol. The molecular weight excluding hydrogens is 190 g/mol. The van der Waals surface area contributed by atoms with E-state index in [1.54, 1.807) is 14.0 Å². The normalized spacial score (nSPS) is 35.7. The van der Waals surface area contributed by atoms with Gasteiger partial charge in [-0.1, -0.05) is 13.8 Å². The van der Waals surface area contributed by atoms with Crippen LogP contribution in [0.15, 0.2) is 0 Å². The summed E-state index contributed by atoms with van der Waals surface area (Å²) in [6.45, 7) is 8.78. The maximum Gasteiger partial charge on any atom is 0.152 e. The van der Waals surface area contributed by atoms with Crippen LogP contribution in [0, 0.1) is 5.41 Å². The molecule has 0 aromatic rings. The van der Waals surface area contributed by atoms with Gasteiger partial charge in [0, 0.05) is 13.2 Å². The number of hydrogen-bond acceptors (Lipinski definition) is 3. The summed E-state index contributed by atoms with van der Waals surface area (Å²) in [5.41, 5.74) is -0.253. The first-order valence-corrected chi connectivity index (χ1v) is 5.51. The number of ketones is 1. The van der Waals surface area contributed by atoms with Gasteiger partial charge in [-0.25, -0.2) is 0 Å². The molecule has 1 fully saturated rings. The lowest BCUT2D eigenvalue weighted by molar-refractivity contribution is -0.130. The molecule has 0 radical (unpaired) electrons. The molecule has 1 rings (SSSR count). The Hall–Kier alpha value is -0.410. The molecular formula is C12H23NO2. The van der Waals surface area contributed by atoms with E-state index in [2.05, 4.69) is 25.7 Å². The van der Waals surface area contributed by atoms with Crippen LogP contribution in [-0.2, 0) is 9.53 Å². The average Bonchev–Trinajstić information content (AvgIpc) is 2.29. The fraction of sp³-hybridized carbons (Fsp3) is 0.917. The summed E-state index contributed by atoms with van der Waals surface area (Å²) in [6.07, 6.45) is 0.876. The molecule has 0 amide bonds. The molecule has 0 aromatic carbocycles. The van der Waals surface area contributed by atoms with E-state index in [0.717, 1.165) is 6.42 Å². The van der Waals surface area contributed by atoms with E-state index in [4.69, 9.17) is 4.74 Å². The van der Waals surface area contributed by atoms with Crippen LogP contribution in [0.4, 0.5) is 0 Å². The van der Waals surface area contributed by atoms with Gasteiger partial charge in [-0.05, 0) is 32.7 Å². The van der Waals surface area contributed by atoms with Crippen molar-refractivity contribution in [3.05, 3.63) is 0 Å². The number of likely N-dealkylation sites (N-methyl/N-ethyl adjacent to an activating group) is 1. The lowest BCUT2D eigenvalue weighted by Crippen LogP contribution is -2.52. The lowest BCUT2D eigenvalue weighted by atomic mass is 9.79. The molecule has 3 heteroatoms. The Bertz CT molecular complexity index is 262. The number of likely N-dealkylation sites (tertiary alicyclic amines) is 1. The summed E-state index contributed by atoms with van der Waals surface area (Å²) in [7, 11) is 3.69. The van der Waals surface area contributed by atoms with Gasteiger partial charge in [0.15, 0.2) is 5.78 Å². The summed E-state index contributed by atoms with van der Waals surface area (Å²) in [6, 6.07) is 0.400. The quantitative estimate of drug-likeness (QED) is 0.715. The Kier molecular flexibility index (Phi) is 3.27. The monoisotopic (exact) mass is 213 g/mol. The lowest BCUT2D eigenvalue weighted by Gasteiger charge is -2.34. The summed E-state index contributed by atoms with van der Waals surface area (Å²) in [4.78, 5) is 14.1. The zero-order valence-corrected chi connectivity index (χ0v) is 10.8. The van der Waals surface area contributed by atoms with Gasteiger partial charge in [0.25, 0.3) is 0 Å². The molecule has 2 unspecified atom stereocenters. The predicted octanol–water partition coefficient (Wildman–Crippen LogP) is 1.71. The van der Waals surface area contributed by atoms with Crippen molar-refractivity contribution in [1.29, 1.82) is 0 Å². The van der Waals surface area contributed by atoms with Gasteiger partial charge >= 0.3 is 0 Å². The van der Waals surface area contributed by atoms with E-state index < -0.39 is 5.54 Å². The average molecular weight is 213 g/mol. The highest BCUT2D eigenvalue weighted by Gasteiger charge is 2.54. The number of hydrogen-bond donors (Lipinski definition) is 0. The SMILES string of the molecule is COCC1(C(C)=O)CC(C)(C)C(C)N1C. The molecule has 1 aliphatic heterocycles.